The molecule has 0 N–H and O–H groups in total. The van der Waals surface area contributed by atoms with E-state index in [1.54, 1.807) is 0 Å². The number of aryl methyl sites for hydroxylation is 1. The third-order valence-electron chi connectivity index (χ3n) is 5.64. The maximum Gasteiger partial charge on any atom is 0.128 e. The highest BCUT2D eigenvalue weighted by Crippen LogP contribution is 2.20. The molecule has 1 aliphatic heterocycles. The van der Waals surface area contributed by atoms with Gasteiger partial charge in [-0.2, -0.15) is 5.10 Å². The van der Waals surface area contributed by atoms with E-state index in [1.807, 2.05) is 27.9 Å². The van der Waals surface area contributed by atoms with Crippen LogP contribution in [0.2, 0.25) is 0 Å². The maximum absolute atomic E-state index is 13.5. The number of halogens is 2. The number of benzene rings is 2. The van der Waals surface area contributed by atoms with Crippen LogP contribution in [0.3, 0.4) is 0 Å². The molecule has 0 aliphatic carbocycles. The molecule has 4 rings (SSSR count). The van der Waals surface area contributed by atoms with Crippen LogP contribution >= 0.6 is 0 Å². The van der Waals surface area contributed by atoms with Gasteiger partial charge in [0.25, 0.3) is 0 Å². The Balaban J connectivity index is 1.34. The molecule has 4 nitrogen and oxygen atoms in total. The topological polar surface area (TPSA) is 24.3 Å². The van der Waals surface area contributed by atoms with Crippen molar-refractivity contribution >= 4 is 11.8 Å². The molecule has 6 heteroatoms. The highest BCUT2D eigenvalue weighted by atomic mass is 19.1. The summed E-state index contributed by atoms with van der Waals surface area (Å²) in [5, 5.41) is 4.55. The Morgan fingerprint density at radius 3 is 2.37 bits per heavy atom. The lowest BCUT2D eigenvalue weighted by molar-refractivity contribution is 0.284. The molecule has 2 aromatic carbocycles. The van der Waals surface area contributed by atoms with E-state index in [0.29, 0.717) is 5.69 Å². The van der Waals surface area contributed by atoms with Crippen LogP contribution in [0.4, 0.5) is 14.5 Å². The molecule has 0 atom stereocenters. The van der Waals surface area contributed by atoms with Gasteiger partial charge in [0.05, 0.1) is 11.9 Å². The zero-order valence-electron chi connectivity index (χ0n) is 17.4. The fraction of sp³-hybridized carbons (Fsp3) is 0.292. The number of para-hydroxylation sites is 1. The first-order chi connectivity index (χ1) is 14.5. The highest BCUT2D eigenvalue weighted by molar-refractivity contribution is 5.53. The van der Waals surface area contributed by atoms with Crippen molar-refractivity contribution < 1.29 is 8.78 Å². The van der Waals surface area contributed by atoms with Crippen LogP contribution in [0, 0.1) is 25.5 Å². The van der Waals surface area contributed by atoms with Gasteiger partial charge in [0.1, 0.15) is 11.6 Å². The van der Waals surface area contributed by atoms with E-state index in [0.717, 1.165) is 55.7 Å². The van der Waals surface area contributed by atoms with Crippen LogP contribution in [0.5, 0.6) is 0 Å². The molecule has 1 fully saturated rings. The number of piperazine rings is 1. The van der Waals surface area contributed by atoms with Gasteiger partial charge in [0.2, 0.25) is 0 Å². The van der Waals surface area contributed by atoms with Crippen molar-refractivity contribution in [2.75, 3.05) is 37.6 Å². The molecule has 30 heavy (non-hydrogen) atoms. The second-order valence-electron chi connectivity index (χ2n) is 7.70. The molecule has 3 aromatic rings. The van der Waals surface area contributed by atoms with Gasteiger partial charge in [-0.25, -0.2) is 13.5 Å². The quantitative estimate of drug-likeness (QED) is 0.617. The summed E-state index contributed by atoms with van der Waals surface area (Å²) in [4.78, 5) is 4.37. The van der Waals surface area contributed by atoms with E-state index in [9.17, 15) is 8.78 Å². The molecule has 0 bridgehead atoms. The van der Waals surface area contributed by atoms with Crippen LogP contribution in [-0.4, -0.2) is 47.4 Å². The van der Waals surface area contributed by atoms with Crippen LogP contribution < -0.4 is 4.90 Å². The van der Waals surface area contributed by atoms with E-state index in [1.165, 1.54) is 17.7 Å². The molecular weight excluding hydrogens is 382 g/mol. The summed E-state index contributed by atoms with van der Waals surface area (Å²) >= 11 is 0. The second kappa shape index (κ2) is 8.79. The van der Waals surface area contributed by atoms with Crippen LogP contribution in [0.15, 0.2) is 54.7 Å². The summed E-state index contributed by atoms with van der Waals surface area (Å²) in [7, 11) is 0. The lowest BCUT2D eigenvalue weighted by Crippen LogP contribution is -2.46. The monoisotopic (exact) mass is 408 g/mol. The Labute approximate surface area is 176 Å². The SMILES string of the molecule is Cc1ccccc1-n1ncc(C=CCN2CCN(c3cc(F)cc(F)c3)CC2)c1C. The van der Waals surface area contributed by atoms with E-state index >= 15 is 0 Å². The first-order valence-corrected chi connectivity index (χ1v) is 10.2. The third-order valence-corrected chi connectivity index (χ3v) is 5.64. The van der Waals surface area contributed by atoms with Gasteiger partial charge < -0.3 is 4.90 Å². The Bertz CT molecular complexity index is 1030. The minimum Gasteiger partial charge on any atom is -0.369 e. The molecular formula is C24H26F2N4. The zero-order valence-corrected chi connectivity index (χ0v) is 17.4. The highest BCUT2D eigenvalue weighted by Gasteiger charge is 2.17. The summed E-state index contributed by atoms with van der Waals surface area (Å²) in [5.74, 6) is -1.06. The zero-order chi connectivity index (χ0) is 21.1. The summed E-state index contributed by atoms with van der Waals surface area (Å²) < 4.78 is 28.9. The van der Waals surface area contributed by atoms with Gasteiger partial charge in [0.15, 0.2) is 0 Å². The molecule has 0 amide bonds. The minimum atomic E-state index is -0.531. The Morgan fingerprint density at radius 1 is 0.967 bits per heavy atom. The number of aromatic nitrogens is 2. The van der Waals surface area contributed by atoms with Crippen molar-refractivity contribution in [3.63, 3.8) is 0 Å². The summed E-state index contributed by atoms with van der Waals surface area (Å²) in [6.07, 6.45) is 6.17. The van der Waals surface area contributed by atoms with E-state index in [-0.39, 0.29) is 0 Å². The van der Waals surface area contributed by atoms with Crippen LogP contribution in [0.1, 0.15) is 16.8 Å². The summed E-state index contributed by atoms with van der Waals surface area (Å²) in [6.45, 7) is 8.20. The van der Waals surface area contributed by atoms with Crippen molar-refractivity contribution in [1.29, 1.82) is 0 Å². The lowest BCUT2D eigenvalue weighted by atomic mass is 10.2. The largest absolute Gasteiger partial charge is 0.369 e. The Morgan fingerprint density at radius 2 is 1.67 bits per heavy atom. The van der Waals surface area contributed by atoms with Gasteiger partial charge in [-0.15, -0.1) is 0 Å². The van der Waals surface area contributed by atoms with Gasteiger partial charge in [-0.1, -0.05) is 30.4 Å². The predicted molar refractivity (Wildman–Crippen MR) is 117 cm³/mol. The lowest BCUT2D eigenvalue weighted by Gasteiger charge is -2.35. The van der Waals surface area contributed by atoms with Gasteiger partial charge in [-0.3, -0.25) is 4.90 Å². The Kier molecular flexibility index (Phi) is 5.95. The van der Waals surface area contributed by atoms with Gasteiger partial charge >= 0.3 is 0 Å². The predicted octanol–water partition coefficient (Wildman–Crippen LogP) is 4.60. The number of anilines is 1. The number of hydrogen-bond donors (Lipinski definition) is 0. The van der Waals surface area contributed by atoms with Crippen molar-refractivity contribution in [3.05, 3.63) is 83.2 Å². The molecule has 156 valence electrons. The maximum atomic E-state index is 13.5. The number of nitrogens with zero attached hydrogens (tertiary/aromatic N) is 4. The van der Waals surface area contributed by atoms with Crippen LogP contribution in [-0.2, 0) is 0 Å². The molecule has 0 saturated carbocycles. The molecule has 0 spiro atoms. The van der Waals surface area contributed by atoms with Crippen molar-refractivity contribution in [1.82, 2.24) is 14.7 Å². The van der Waals surface area contributed by atoms with Gasteiger partial charge in [0, 0.05) is 55.7 Å². The van der Waals surface area contributed by atoms with Crippen LogP contribution in [0.25, 0.3) is 11.8 Å². The fourth-order valence-corrected chi connectivity index (χ4v) is 3.87. The summed E-state index contributed by atoms with van der Waals surface area (Å²) in [5.41, 5.74) is 5.11. The van der Waals surface area contributed by atoms with E-state index in [2.05, 4.69) is 48.1 Å². The number of hydrogen-bond acceptors (Lipinski definition) is 3. The summed E-state index contributed by atoms with van der Waals surface area (Å²) in [6, 6.07) is 11.9. The molecule has 1 saturated heterocycles. The minimum absolute atomic E-state index is 0.531. The van der Waals surface area contributed by atoms with E-state index in [4.69, 9.17) is 0 Å². The van der Waals surface area contributed by atoms with E-state index < -0.39 is 11.6 Å². The third kappa shape index (κ3) is 4.44. The smallest absolute Gasteiger partial charge is 0.128 e. The first-order valence-electron chi connectivity index (χ1n) is 10.2. The average Bonchev–Trinajstić information content (AvgIpc) is 3.08. The molecule has 1 aliphatic rings. The van der Waals surface area contributed by atoms with Crippen molar-refractivity contribution in [2.24, 2.45) is 0 Å². The normalized spacial score (nSPS) is 15.3. The Hall–Kier alpha value is -2.99. The molecule has 0 radical (unpaired) electrons. The molecule has 0 unspecified atom stereocenters. The molecule has 1 aromatic heterocycles. The number of rotatable bonds is 5. The first kappa shape index (κ1) is 20.3. The molecule has 2 heterocycles. The van der Waals surface area contributed by atoms with Gasteiger partial charge in [-0.05, 0) is 37.6 Å². The van der Waals surface area contributed by atoms with Crippen molar-refractivity contribution in [3.8, 4) is 5.69 Å². The standard InChI is InChI=1S/C24H26F2N4/c1-18-6-3-4-8-24(18)30-19(2)20(17-27-30)7-5-9-28-10-12-29(13-11-28)23-15-21(25)14-22(26)16-23/h3-8,14-17H,9-13H2,1-2H3. The fourth-order valence-electron chi connectivity index (χ4n) is 3.87. The second-order valence-corrected chi connectivity index (χ2v) is 7.70. The average molecular weight is 408 g/mol. The van der Waals surface area contributed by atoms with Crippen molar-refractivity contribution in [2.45, 2.75) is 13.8 Å².